The van der Waals surface area contributed by atoms with Crippen molar-refractivity contribution in [3.05, 3.63) is 101 Å². The van der Waals surface area contributed by atoms with Crippen molar-refractivity contribution in [1.29, 1.82) is 0 Å². The lowest BCUT2D eigenvalue weighted by atomic mass is 10.1. The van der Waals surface area contributed by atoms with E-state index in [4.69, 9.17) is 9.47 Å². The number of benzene rings is 3. The van der Waals surface area contributed by atoms with E-state index in [1.54, 1.807) is 64.1 Å². The molecule has 5 nitrogen and oxygen atoms in total. The van der Waals surface area contributed by atoms with Gasteiger partial charge in [0.2, 0.25) is 0 Å². The summed E-state index contributed by atoms with van der Waals surface area (Å²) < 4.78 is 10.9. The topological polar surface area (TPSA) is 55.8 Å². The number of nitrogens with zero attached hydrogens (tertiary/aromatic N) is 1. The first kappa shape index (κ1) is 25.5. The molecular weight excluding hydrogens is 438 g/mol. The highest BCUT2D eigenvalue weighted by Gasteiger charge is 2.15. The molecule has 3 rings (SSSR count). The molecule has 0 unspecified atom stereocenters. The maximum absolute atomic E-state index is 12.1. The molecule has 0 aromatic heterocycles. The highest BCUT2D eigenvalue weighted by molar-refractivity contribution is 5.90. The fraction of sp³-hybridized carbons (Fsp3) is 0.200. The van der Waals surface area contributed by atoms with E-state index >= 15 is 0 Å². The summed E-state index contributed by atoms with van der Waals surface area (Å²) in [5.74, 6) is 0.206. The normalized spacial score (nSPS) is 11.7. The zero-order valence-corrected chi connectivity index (χ0v) is 21.1. The molecule has 3 aromatic carbocycles. The summed E-state index contributed by atoms with van der Waals surface area (Å²) in [6, 6.07) is 21.0. The van der Waals surface area contributed by atoms with Crippen LogP contribution in [0.25, 0.3) is 0 Å². The molecule has 0 aliphatic carbocycles. The van der Waals surface area contributed by atoms with Crippen LogP contribution < -0.4 is 14.4 Å². The molecule has 0 radical (unpaired) electrons. The summed E-state index contributed by atoms with van der Waals surface area (Å²) in [6.07, 6.45) is 3.44. The predicted octanol–water partition coefficient (Wildman–Crippen LogP) is 7.52. The van der Waals surface area contributed by atoms with Crippen LogP contribution in [0, 0.1) is 13.8 Å². The van der Waals surface area contributed by atoms with Gasteiger partial charge < -0.3 is 14.4 Å². The molecule has 0 atom stereocenters. The third-order valence-electron chi connectivity index (χ3n) is 5.87. The molecule has 35 heavy (non-hydrogen) atoms. The van der Waals surface area contributed by atoms with Crippen LogP contribution in [0.5, 0.6) is 11.5 Å². The van der Waals surface area contributed by atoms with Crippen molar-refractivity contribution in [2.75, 3.05) is 4.90 Å². The van der Waals surface area contributed by atoms with Crippen LogP contribution in [0.1, 0.15) is 38.8 Å². The first-order valence-corrected chi connectivity index (χ1v) is 11.5. The van der Waals surface area contributed by atoms with Gasteiger partial charge in [-0.2, -0.15) is 0 Å². The fourth-order valence-corrected chi connectivity index (χ4v) is 3.25. The molecule has 0 bridgehead atoms. The van der Waals surface area contributed by atoms with E-state index in [1.165, 1.54) is 11.1 Å². The van der Waals surface area contributed by atoms with E-state index < -0.39 is 0 Å². The van der Waals surface area contributed by atoms with Gasteiger partial charge in [0, 0.05) is 28.2 Å². The number of hydrogen-bond donors (Lipinski definition) is 0. The molecule has 0 heterocycles. The molecule has 0 saturated carbocycles. The number of carbonyl (C=O) groups excluding carboxylic acids is 2. The Morgan fingerprint density at radius 2 is 1.03 bits per heavy atom. The van der Waals surface area contributed by atoms with Gasteiger partial charge in [-0.25, -0.2) is 9.59 Å². The van der Waals surface area contributed by atoms with E-state index in [9.17, 15) is 9.59 Å². The van der Waals surface area contributed by atoms with Crippen LogP contribution >= 0.6 is 0 Å². The Kier molecular flexibility index (Phi) is 8.26. The number of anilines is 3. The number of carbonyl (C=O) groups is 2. The minimum absolute atomic E-state index is 0.371. The lowest BCUT2D eigenvalue weighted by Gasteiger charge is -2.26. The average molecular weight is 470 g/mol. The summed E-state index contributed by atoms with van der Waals surface area (Å²) >= 11 is 0. The maximum Gasteiger partial charge on any atom is 0.338 e. The molecule has 180 valence electrons. The number of rotatable bonds is 7. The lowest BCUT2D eigenvalue weighted by Crippen LogP contribution is -2.12. The van der Waals surface area contributed by atoms with E-state index in [0.717, 1.165) is 17.1 Å². The lowest BCUT2D eigenvalue weighted by molar-refractivity contribution is -0.131. The molecule has 3 aromatic rings. The third-order valence-corrected chi connectivity index (χ3v) is 5.87. The van der Waals surface area contributed by atoms with Gasteiger partial charge in [-0.1, -0.05) is 18.2 Å². The Labute approximate surface area is 207 Å². The Morgan fingerprint density at radius 3 is 1.40 bits per heavy atom. The van der Waals surface area contributed by atoms with Crippen molar-refractivity contribution < 1.29 is 19.1 Å². The minimum atomic E-state index is -0.371. The van der Waals surface area contributed by atoms with Gasteiger partial charge in [-0.3, -0.25) is 0 Å². The van der Waals surface area contributed by atoms with Crippen molar-refractivity contribution in [1.82, 2.24) is 0 Å². The highest BCUT2D eigenvalue weighted by atomic mass is 16.5. The van der Waals surface area contributed by atoms with Gasteiger partial charge in [0.25, 0.3) is 0 Å². The first-order chi connectivity index (χ1) is 16.7. The molecule has 0 amide bonds. The smallest absolute Gasteiger partial charge is 0.338 e. The molecule has 0 spiro atoms. The average Bonchev–Trinajstić information content (AvgIpc) is 2.87. The van der Waals surface area contributed by atoms with Gasteiger partial charge in [-0.15, -0.1) is 0 Å². The molecular formula is C30H31NO4. The van der Waals surface area contributed by atoms with Gasteiger partial charge in [0.15, 0.2) is 0 Å². The quantitative estimate of drug-likeness (QED) is 0.203. The summed E-state index contributed by atoms with van der Waals surface area (Å²) in [7, 11) is 0. The number of hydrogen-bond acceptors (Lipinski definition) is 5. The summed E-state index contributed by atoms with van der Waals surface area (Å²) in [6.45, 7) is 11.2. The fourth-order valence-electron chi connectivity index (χ4n) is 3.25. The van der Waals surface area contributed by atoms with Gasteiger partial charge in [0.1, 0.15) is 11.5 Å². The molecule has 5 heteroatoms. The SMILES string of the molecule is C/C=C(\C)C(=O)Oc1ccc(N(c2ccc(OC(=O)/C(C)=C/C)cc2)c2ccc(C)c(C)c2)cc1. The molecule has 0 aliphatic heterocycles. The van der Waals surface area contributed by atoms with Crippen LogP contribution in [-0.2, 0) is 9.59 Å². The second-order valence-electron chi connectivity index (χ2n) is 8.31. The zero-order chi connectivity index (χ0) is 25.5. The first-order valence-electron chi connectivity index (χ1n) is 11.5. The second kappa shape index (κ2) is 11.3. The Hall–Kier alpha value is -4.12. The summed E-state index contributed by atoms with van der Waals surface area (Å²) in [5.41, 5.74) is 6.25. The highest BCUT2D eigenvalue weighted by Crippen LogP contribution is 2.37. The number of allylic oxidation sites excluding steroid dienone is 2. The van der Waals surface area contributed by atoms with E-state index in [1.807, 2.05) is 24.3 Å². The third kappa shape index (κ3) is 6.27. The number of esters is 2. The van der Waals surface area contributed by atoms with Crippen molar-refractivity contribution in [2.45, 2.75) is 41.5 Å². The van der Waals surface area contributed by atoms with E-state index in [2.05, 4.69) is 36.9 Å². The monoisotopic (exact) mass is 469 g/mol. The number of ether oxygens (including phenoxy) is 2. The maximum atomic E-state index is 12.1. The molecule has 0 N–H and O–H groups in total. The Morgan fingerprint density at radius 1 is 0.629 bits per heavy atom. The Bertz CT molecular complexity index is 1190. The van der Waals surface area contributed by atoms with Gasteiger partial charge in [-0.05, 0) is 113 Å². The van der Waals surface area contributed by atoms with Crippen molar-refractivity contribution in [3.8, 4) is 11.5 Å². The van der Waals surface area contributed by atoms with Crippen LogP contribution in [0.3, 0.4) is 0 Å². The summed E-state index contributed by atoms with van der Waals surface area (Å²) in [5, 5.41) is 0. The van der Waals surface area contributed by atoms with Crippen molar-refractivity contribution in [2.24, 2.45) is 0 Å². The van der Waals surface area contributed by atoms with Crippen LogP contribution in [0.2, 0.25) is 0 Å². The molecule has 0 aliphatic rings. The Balaban J connectivity index is 1.95. The van der Waals surface area contributed by atoms with E-state index in [-0.39, 0.29) is 11.9 Å². The van der Waals surface area contributed by atoms with Crippen LogP contribution in [0.15, 0.2) is 90.0 Å². The standard InChI is InChI=1S/C30H31NO4/c1-7-20(3)29(32)34-27-15-11-24(12-16-27)31(26-10-9-22(5)23(6)19-26)25-13-17-28(18-14-25)35-30(33)21(4)8-2/h7-19H,1-6H3/b20-7+,21-8+. The molecule has 0 fully saturated rings. The number of aryl methyl sites for hydroxylation is 2. The molecule has 0 saturated heterocycles. The van der Waals surface area contributed by atoms with Gasteiger partial charge >= 0.3 is 11.9 Å². The van der Waals surface area contributed by atoms with Crippen LogP contribution in [-0.4, -0.2) is 11.9 Å². The van der Waals surface area contributed by atoms with E-state index in [0.29, 0.717) is 22.6 Å². The van der Waals surface area contributed by atoms with Gasteiger partial charge in [0.05, 0.1) is 0 Å². The zero-order valence-electron chi connectivity index (χ0n) is 21.1. The minimum Gasteiger partial charge on any atom is -0.423 e. The summed E-state index contributed by atoms with van der Waals surface area (Å²) in [4.78, 5) is 26.3. The van der Waals surface area contributed by atoms with Crippen molar-refractivity contribution >= 4 is 29.0 Å². The second-order valence-corrected chi connectivity index (χ2v) is 8.31. The largest absolute Gasteiger partial charge is 0.423 e. The predicted molar refractivity (Wildman–Crippen MR) is 141 cm³/mol. The van der Waals surface area contributed by atoms with Crippen molar-refractivity contribution in [3.63, 3.8) is 0 Å². The van der Waals surface area contributed by atoms with Crippen LogP contribution in [0.4, 0.5) is 17.1 Å².